The molecule has 6 nitrogen and oxygen atoms in total. The van der Waals surface area contributed by atoms with E-state index < -0.39 is 0 Å². The lowest BCUT2D eigenvalue weighted by atomic mass is 9.91. The number of hydrogen-bond donors (Lipinski definition) is 1. The fraction of sp³-hybridized carbons (Fsp3) is 0.400. The summed E-state index contributed by atoms with van der Waals surface area (Å²) in [6.07, 6.45) is 4.28. The predicted octanol–water partition coefficient (Wildman–Crippen LogP) is 4.35. The highest BCUT2D eigenvalue weighted by molar-refractivity contribution is 5.83. The molecule has 3 heterocycles. The summed E-state index contributed by atoms with van der Waals surface area (Å²) in [4.78, 5) is 20.0. The number of aromatic nitrogens is 1. The molecule has 2 fully saturated rings. The molecular formula is C25H28FN3O3. The Hall–Kier alpha value is -3.06. The second-order valence-electron chi connectivity index (χ2n) is 8.85. The van der Waals surface area contributed by atoms with E-state index >= 15 is 0 Å². The zero-order valence-corrected chi connectivity index (χ0v) is 18.3. The first-order valence-electron chi connectivity index (χ1n) is 11.1. The molecule has 1 amide bonds. The first-order chi connectivity index (χ1) is 15.5. The van der Waals surface area contributed by atoms with E-state index in [2.05, 4.69) is 9.88 Å². The highest BCUT2D eigenvalue weighted by atomic mass is 19.1. The first-order valence-corrected chi connectivity index (χ1v) is 11.1. The van der Waals surface area contributed by atoms with Crippen LogP contribution in [0.5, 0.6) is 5.75 Å². The number of hydrogen-bond acceptors (Lipinski definition) is 4. The Morgan fingerprint density at radius 2 is 1.94 bits per heavy atom. The lowest BCUT2D eigenvalue weighted by Crippen LogP contribution is -2.47. The second-order valence-corrected chi connectivity index (χ2v) is 8.85. The molecule has 168 valence electrons. The molecule has 7 heteroatoms. The number of nitrogens with one attached hydrogen (secondary N) is 1. The van der Waals surface area contributed by atoms with Gasteiger partial charge in [-0.3, -0.25) is 4.90 Å². The number of fused-ring (bicyclic) bond motifs is 1. The smallest absolute Gasteiger partial charge is 0.410 e. The summed E-state index contributed by atoms with van der Waals surface area (Å²) in [6, 6.07) is 12.6. The maximum atomic E-state index is 13.6. The number of H-pyrrole nitrogens is 1. The van der Waals surface area contributed by atoms with Crippen LogP contribution < -0.4 is 4.74 Å². The Morgan fingerprint density at radius 3 is 2.69 bits per heavy atom. The fourth-order valence-corrected chi connectivity index (χ4v) is 4.85. The molecule has 0 saturated carbocycles. The topological polar surface area (TPSA) is 57.8 Å². The minimum absolute atomic E-state index is 0.208. The molecule has 1 spiro atoms. The van der Waals surface area contributed by atoms with Crippen molar-refractivity contribution in [1.29, 1.82) is 0 Å². The molecule has 1 N–H and O–H groups in total. The standard InChI is InChI=1S/C25H28FN3O3/c1-31-21-5-2-18(3-6-21)16-29-17-25(32-24(29)30)9-12-28(13-10-25)11-8-19-15-27-23-7-4-20(26)14-22(19)23/h2-7,14-15,27H,8-13,16-17H2,1H3. The molecular weight excluding hydrogens is 409 g/mol. The van der Waals surface area contributed by atoms with E-state index in [0.717, 1.165) is 66.7 Å². The monoisotopic (exact) mass is 437 g/mol. The second kappa shape index (κ2) is 8.47. The Bertz CT molecular complexity index is 1100. The van der Waals surface area contributed by atoms with Gasteiger partial charge >= 0.3 is 6.09 Å². The minimum atomic E-state index is -0.385. The Morgan fingerprint density at radius 1 is 1.16 bits per heavy atom. The van der Waals surface area contributed by atoms with Gasteiger partial charge in [0.05, 0.1) is 13.7 Å². The fourth-order valence-electron chi connectivity index (χ4n) is 4.85. The maximum Gasteiger partial charge on any atom is 0.410 e. The van der Waals surface area contributed by atoms with Crippen LogP contribution in [0.15, 0.2) is 48.7 Å². The van der Waals surface area contributed by atoms with Crippen molar-refractivity contribution in [2.45, 2.75) is 31.4 Å². The molecule has 5 rings (SSSR count). The van der Waals surface area contributed by atoms with Crippen LogP contribution in [0.2, 0.25) is 0 Å². The van der Waals surface area contributed by atoms with Crippen molar-refractivity contribution in [3.63, 3.8) is 0 Å². The summed E-state index contributed by atoms with van der Waals surface area (Å²) in [7, 11) is 1.64. The lowest BCUT2D eigenvalue weighted by molar-refractivity contribution is 0.00102. The van der Waals surface area contributed by atoms with Crippen molar-refractivity contribution in [2.75, 3.05) is 33.3 Å². The quantitative estimate of drug-likeness (QED) is 0.623. The largest absolute Gasteiger partial charge is 0.497 e. The number of ether oxygens (including phenoxy) is 2. The number of piperidine rings is 1. The van der Waals surface area contributed by atoms with E-state index in [1.54, 1.807) is 24.1 Å². The number of rotatable bonds is 6. The summed E-state index contributed by atoms with van der Waals surface area (Å²) >= 11 is 0. The normalized spacial score (nSPS) is 18.4. The Kier molecular flexibility index (Phi) is 5.51. The van der Waals surface area contributed by atoms with Crippen molar-refractivity contribution in [1.82, 2.24) is 14.8 Å². The summed E-state index contributed by atoms with van der Waals surface area (Å²) < 4.78 is 24.7. The van der Waals surface area contributed by atoms with Crippen LogP contribution in [0.25, 0.3) is 10.9 Å². The van der Waals surface area contributed by atoms with E-state index in [0.29, 0.717) is 13.1 Å². The predicted molar refractivity (Wildman–Crippen MR) is 120 cm³/mol. The first kappa shape index (κ1) is 20.8. The molecule has 2 aliphatic heterocycles. The molecule has 2 aliphatic rings. The Balaban J connectivity index is 1.15. The van der Waals surface area contributed by atoms with Crippen LogP contribution in [0.1, 0.15) is 24.0 Å². The zero-order valence-electron chi connectivity index (χ0n) is 18.3. The van der Waals surface area contributed by atoms with Gasteiger partial charge in [-0.25, -0.2) is 9.18 Å². The van der Waals surface area contributed by atoms with E-state index in [9.17, 15) is 9.18 Å². The number of aromatic amines is 1. The van der Waals surface area contributed by atoms with Crippen LogP contribution in [-0.4, -0.2) is 59.8 Å². The molecule has 3 aromatic rings. The van der Waals surface area contributed by atoms with Gasteiger partial charge in [0.2, 0.25) is 0 Å². The zero-order chi connectivity index (χ0) is 22.1. The molecule has 0 radical (unpaired) electrons. The van der Waals surface area contributed by atoms with E-state index in [1.807, 2.05) is 30.5 Å². The number of likely N-dealkylation sites (tertiary alicyclic amines) is 1. The van der Waals surface area contributed by atoms with Crippen molar-refractivity contribution >= 4 is 17.0 Å². The van der Waals surface area contributed by atoms with Gasteiger partial charge in [-0.05, 0) is 47.9 Å². The number of amides is 1. The summed E-state index contributed by atoms with van der Waals surface area (Å²) in [6.45, 7) is 3.86. The molecule has 0 atom stereocenters. The van der Waals surface area contributed by atoms with Crippen LogP contribution >= 0.6 is 0 Å². The number of nitrogens with zero attached hydrogens (tertiary/aromatic N) is 2. The number of benzene rings is 2. The average Bonchev–Trinajstić information content (AvgIpc) is 3.34. The molecule has 0 aliphatic carbocycles. The van der Waals surface area contributed by atoms with Gasteiger partial charge in [-0.1, -0.05) is 12.1 Å². The lowest BCUT2D eigenvalue weighted by Gasteiger charge is -2.37. The number of carbonyl (C=O) groups excluding carboxylic acids is 1. The molecule has 2 saturated heterocycles. The molecule has 2 aromatic carbocycles. The average molecular weight is 438 g/mol. The van der Waals surface area contributed by atoms with E-state index in [4.69, 9.17) is 9.47 Å². The van der Waals surface area contributed by atoms with Crippen molar-refractivity contribution in [2.24, 2.45) is 0 Å². The van der Waals surface area contributed by atoms with E-state index in [1.165, 1.54) is 6.07 Å². The van der Waals surface area contributed by atoms with Gasteiger partial charge in [0.15, 0.2) is 0 Å². The third-order valence-electron chi connectivity index (χ3n) is 6.77. The number of carbonyl (C=O) groups is 1. The number of methoxy groups -OCH3 is 1. The molecule has 0 bridgehead atoms. The summed E-state index contributed by atoms with van der Waals surface area (Å²) in [5.74, 6) is 0.597. The highest BCUT2D eigenvalue weighted by Crippen LogP contribution is 2.34. The van der Waals surface area contributed by atoms with Gasteiger partial charge in [-0.2, -0.15) is 0 Å². The maximum absolute atomic E-state index is 13.6. The number of halogens is 1. The van der Waals surface area contributed by atoms with Crippen molar-refractivity contribution in [3.8, 4) is 5.75 Å². The van der Waals surface area contributed by atoms with E-state index in [-0.39, 0.29) is 17.5 Å². The SMILES string of the molecule is COc1ccc(CN2CC3(CCN(CCc4c[nH]c5ccc(F)cc45)CC3)OC2=O)cc1. The van der Waals surface area contributed by atoms with Crippen LogP contribution in [0, 0.1) is 5.82 Å². The van der Waals surface area contributed by atoms with Gasteiger partial charge in [0, 0.05) is 56.1 Å². The minimum Gasteiger partial charge on any atom is -0.497 e. The summed E-state index contributed by atoms with van der Waals surface area (Å²) in [5, 5.41) is 0.956. The molecule has 1 aromatic heterocycles. The molecule has 0 unspecified atom stereocenters. The van der Waals surface area contributed by atoms with Gasteiger partial charge in [-0.15, -0.1) is 0 Å². The van der Waals surface area contributed by atoms with Crippen molar-refractivity contribution < 1.29 is 18.7 Å². The van der Waals surface area contributed by atoms with Gasteiger partial charge in [0.25, 0.3) is 0 Å². The van der Waals surface area contributed by atoms with Crippen LogP contribution in [-0.2, 0) is 17.7 Å². The van der Waals surface area contributed by atoms with Crippen molar-refractivity contribution in [3.05, 3.63) is 65.6 Å². The van der Waals surface area contributed by atoms with Gasteiger partial charge < -0.3 is 19.4 Å². The van der Waals surface area contributed by atoms with Crippen LogP contribution in [0.3, 0.4) is 0 Å². The summed E-state index contributed by atoms with van der Waals surface area (Å²) in [5.41, 5.74) is 2.78. The van der Waals surface area contributed by atoms with Gasteiger partial charge in [0.1, 0.15) is 17.2 Å². The molecule has 32 heavy (non-hydrogen) atoms. The highest BCUT2D eigenvalue weighted by Gasteiger charge is 2.46. The Labute approximate surface area is 186 Å². The van der Waals surface area contributed by atoms with Crippen LogP contribution in [0.4, 0.5) is 9.18 Å². The third-order valence-corrected chi connectivity index (χ3v) is 6.77. The third kappa shape index (κ3) is 4.17.